The molecule has 162 valence electrons. The van der Waals surface area contributed by atoms with Crippen LogP contribution in [-0.4, -0.2) is 44.7 Å². The number of nitrogens with zero attached hydrogens (tertiary/aromatic N) is 4. The maximum absolute atomic E-state index is 13.3. The number of rotatable bonds is 6. The molecule has 0 amide bonds. The van der Waals surface area contributed by atoms with Crippen LogP contribution in [0.5, 0.6) is 0 Å². The van der Waals surface area contributed by atoms with Gasteiger partial charge in [-0.3, -0.25) is 4.31 Å². The van der Waals surface area contributed by atoms with E-state index in [4.69, 9.17) is 4.74 Å². The highest BCUT2D eigenvalue weighted by molar-refractivity contribution is 7.92. The molecular weight excluding hydrogens is 426 g/mol. The van der Waals surface area contributed by atoms with E-state index >= 15 is 0 Å². The number of anilines is 2. The van der Waals surface area contributed by atoms with Crippen molar-refractivity contribution < 1.29 is 21.9 Å². The van der Waals surface area contributed by atoms with Crippen LogP contribution < -0.4 is 9.21 Å². The van der Waals surface area contributed by atoms with Gasteiger partial charge in [-0.15, -0.1) is 0 Å². The van der Waals surface area contributed by atoms with Crippen LogP contribution in [0.3, 0.4) is 0 Å². The topological polar surface area (TPSA) is 75.6 Å². The van der Waals surface area contributed by atoms with Crippen molar-refractivity contribution in [3.8, 4) is 0 Å². The Bertz CT molecular complexity index is 1120. The Hall–Kier alpha value is -3.11. The van der Waals surface area contributed by atoms with Gasteiger partial charge in [-0.1, -0.05) is 12.1 Å². The average Bonchev–Trinajstić information content (AvgIpc) is 2.79. The summed E-state index contributed by atoms with van der Waals surface area (Å²) in [6.45, 7) is 2.36. The fourth-order valence-corrected chi connectivity index (χ4v) is 4.60. The van der Waals surface area contributed by atoms with Gasteiger partial charge >= 0.3 is 0 Å². The number of hydrogen-bond donors (Lipinski definition) is 0. The average molecular weight is 446 g/mol. The summed E-state index contributed by atoms with van der Waals surface area (Å²) in [4.78, 5) is 10.5. The van der Waals surface area contributed by atoms with Crippen molar-refractivity contribution in [1.29, 1.82) is 0 Å². The number of sulfonamides is 1. The first-order valence-corrected chi connectivity index (χ1v) is 11.0. The van der Waals surface area contributed by atoms with Crippen LogP contribution in [0.2, 0.25) is 0 Å². The van der Waals surface area contributed by atoms with Gasteiger partial charge in [0.1, 0.15) is 11.6 Å². The Labute approximate surface area is 179 Å². The van der Waals surface area contributed by atoms with E-state index in [2.05, 4.69) is 9.97 Å². The lowest BCUT2D eigenvalue weighted by Crippen LogP contribution is -2.37. The van der Waals surface area contributed by atoms with Crippen LogP contribution in [0.4, 0.5) is 20.4 Å². The molecule has 4 rings (SSSR count). The lowest BCUT2D eigenvalue weighted by molar-refractivity contribution is 0.122. The van der Waals surface area contributed by atoms with Crippen molar-refractivity contribution in [2.24, 2.45) is 0 Å². The number of ether oxygens (including phenoxy) is 1. The quantitative estimate of drug-likeness (QED) is 0.580. The molecule has 31 heavy (non-hydrogen) atoms. The van der Waals surface area contributed by atoms with Crippen molar-refractivity contribution in [1.82, 2.24) is 9.97 Å². The summed E-state index contributed by atoms with van der Waals surface area (Å²) in [7, 11) is -4.06. The molecule has 1 fully saturated rings. The van der Waals surface area contributed by atoms with Gasteiger partial charge in [0.25, 0.3) is 10.0 Å². The van der Waals surface area contributed by atoms with E-state index in [1.54, 1.807) is 0 Å². The number of aromatic nitrogens is 2. The van der Waals surface area contributed by atoms with Gasteiger partial charge in [-0.05, 0) is 42.0 Å². The second-order valence-corrected chi connectivity index (χ2v) is 8.80. The maximum atomic E-state index is 13.3. The summed E-state index contributed by atoms with van der Waals surface area (Å²) >= 11 is 0. The molecule has 0 bridgehead atoms. The van der Waals surface area contributed by atoms with E-state index in [0.717, 1.165) is 16.4 Å². The number of benzene rings is 2. The molecule has 0 unspecified atom stereocenters. The monoisotopic (exact) mass is 446 g/mol. The van der Waals surface area contributed by atoms with E-state index in [0.29, 0.717) is 37.8 Å². The molecule has 0 N–H and O–H groups in total. The second-order valence-electron chi connectivity index (χ2n) is 6.93. The number of morpholine rings is 1. The summed E-state index contributed by atoms with van der Waals surface area (Å²) < 4.78 is 59.8. The minimum atomic E-state index is -4.06. The molecule has 0 spiro atoms. The van der Waals surface area contributed by atoms with Crippen LogP contribution in [-0.2, 0) is 21.3 Å². The standard InChI is InChI=1S/C21H20F2N4O3S/c22-17-3-1-16(2-4-17)15-27(31(28,29)20-7-5-18(23)6-8-20)19-13-24-21(25-14-19)26-9-11-30-12-10-26/h1-8,13-14H,9-12,15H2. The van der Waals surface area contributed by atoms with Gasteiger partial charge in [0, 0.05) is 13.1 Å². The van der Waals surface area contributed by atoms with E-state index in [1.807, 2.05) is 4.90 Å². The third-order valence-corrected chi connectivity index (χ3v) is 6.64. The summed E-state index contributed by atoms with van der Waals surface area (Å²) in [6.07, 6.45) is 2.87. The molecule has 1 saturated heterocycles. The van der Waals surface area contributed by atoms with Crippen molar-refractivity contribution in [2.45, 2.75) is 11.4 Å². The van der Waals surface area contributed by atoms with Crippen LogP contribution in [0, 0.1) is 11.6 Å². The zero-order chi connectivity index (χ0) is 21.8. The predicted molar refractivity (Wildman–Crippen MR) is 111 cm³/mol. The number of hydrogen-bond acceptors (Lipinski definition) is 6. The molecule has 0 aliphatic carbocycles. The molecule has 1 aromatic heterocycles. The van der Waals surface area contributed by atoms with Crippen molar-refractivity contribution in [2.75, 3.05) is 35.5 Å². The Kier molecular flexibility index (Phi) is 6.10. The minimum absolute atomic E-state index is 0.0692. The molecule has 0 radical (unpaired) electrons. The number of halogens is 2. The summed E-state index contributed by atoms with van der Waals surface area (Å²) in [6, 6.07) is 10.1. The minimum Gasteiger partial charge on any atom is -0.378 e. The molecule has 3 aromatic rings. The molecule has 1 aliphatic rings. The summed E-state index contributed by atoms with van der Waals surface area (Å²) in [5.74, 6) is -0.481. The van der Waals surface area contributed by atoms with E-state index in [1.165, 1.54) is 48.8 Å². The second kappa shape index (κ2) is 8.94. The predicted octanol–water partition coefficient (Wildman–Crippen LogP) is 2.99. The molecular formula is C21H20F2N4O3S. The highest BCUT2D eigenvalue weighted by atomic mass is 32.2. The van der Waals surface area contributed by atoms with Gasteiger partial charge in [0.05, 0.1) is 42.7 Å². The Balaban J connectivity index is 1.69. The lowest BCUT2D eigenvalue weighted by Gasteiger charge is -2.28. The molecule has 2 aromatic carbocycles. The van der Waals surface area contributed by atoms with Crippen LogP contribution in [0.25, 0.3) is 0 Å². The van der Waals surface area contributed by atoms with Gasteiger partial charge in [0.15, 0.2) is 0 Å². The zero-order valence-corrected chi connectivity index (χ0v) is 17.3. The first kappa shape index (κ1) is 21.1. The molecule has 2 heterocycles. The van der Waals surface area contributed by atoms with Crippen molar-refractivity contribution in [3.05, 3.63) is 78.1 Å². The third-order valence-electron chi connectivity index (χ3n) is 4.85. The first-order chi connectivity index (χ1) is 14.9. The van der Waals surface area contributed by atoms with Crippen molar-refractivity contribution >= 4 is 21.7 Å². The van der Waals surface area contributed by atoms with E-state index in [-0.39, 0.29) is 17.1 Å². The van der Waals surface area contributed by atoms with Gasteiger partial charge in [-0.25, -0.2) is 27.2 Å². The lowest BCUT2D eigenvalue weighted by atomic mass is 10.2. The van der Waals surface area contributed by atoms with Crippen molar-refractivity contribution in [3.63, 3.8) is 0 Å². The third kappa shape index (κ3) is 4.80. The highest BCUT2D eigenvalue weighted by Crippen LogP contribution is 2.26. The van der Waals surface area contributed by atoms with Crippen LogP contribution in [0.1, 0.15) is 5.56 Å². The zero-order valence-electron chi connectivity index (χ0n) is 16.5. The van der Waals surface area contributed by atoms with Gasteiger partial charge in [0.2, 0.25) is 5.95 Å². The Morgan fingerprint density at radius 3 is 2.03 bits per heavy atom. The molecule has 0 saturated carbocycles. The van der Waals surface area contributed by atoms with Gasteiger partial charge in [-0.2, -0.15) is 0 Å². The normalized spacial score (nSPS) is 14.5. The maximum Gasteiger partial charge on any atom is 0.264 e. The fourth-order valence-electron chi connectivity index (χ4n) is 3.17. The molecule has 1 aliphatic heterocycles. The smallest absolute Gasteiger partial charge is 0.264 e. The summed E-state index contributed by atoms with van der Waals surface area (Å²) in [5.41, 5.74) is 0.815. The Morgan fingerprint density at radius 2 is 1.45 bits per heavy atom. The molecule has 0 atom stereocenters. The molecule has 7 nitrogen and oxygen atoms in total. The van der Waals surface area contributed by atoms with Gasteiger partial charge < -0.3 is 9.64 Å². The first-order valence-electron chi connectivity index (χ1n) is 9.61. The highest BCUT2D eigenvalue weighted by Gasteiger charge is 2.26. The van der Waals surface area contributed by atoms with Crippen LogP contribution in [0.15, 0.2) is 65.8 Å². The Morgan fingerprint density at radius 1 is 0.903 bits per heavy atom. The fraction of sp³-hybridized carbons (Fsp3) is 0.238. The summed E-state index contributed by atoms with van der Waals surface area (Å²) in [5, 5.41) is 0. The van der Waals surface area contributed by atoms with E-state index < -0.39 is 21.7 Å². The molecule has 10 heteroatoms. The largest absolute Gasteiger partial charge is 0.378 e. The van der Waals surface area contributed by atoms with Crippen LogP contribution >= 0.6 is 0 Å². The van der Waals surface area contributed by atoms with E-state index in [9.17, 15) is 17.2 Å². The SMILES string of the molecule is O=S(=O)(c1ccc(F)cc1)N(Cc1ccc(F)cc1)c1cnc(N2CCOCC2)nc1.